The second kappa shape index (κ2) is 6.27. The van der Waals surface area contributed by atoms with Crippen molar-refractivity contribution in [3.05, 3.63) is 41.7 Å². The third-order valence-corrected chi connectivity index (χ3v) is 4.06. The molecule has 1 atom stereocenters. The first-order valence-electron chi connectivity index (χ1n) is 7.64. The molecular weight excluding hydrogens is 278 g/mol. The lowest BCUT2D eigenvalue weighted by Crippen LogP contribution is -2.41. The Morgan fingerprint density at radius 3 is 3.09 bits per heavy atom. The molecule has 1 aromatic carbocycles. The molecular formula is C16H21N5O. The van der Waals surface area contributed by atoms with Crippen LogP contribution in [0.5, 0.6) is 0 Å². The van der Waals surface area contributed by atoms with Crippen LogP contribution in [0.15, 0.2) is 30.5 Å². The lowest BCUT2D eigenvalue weighted by Gasteiger charge is -2.23. The van der Waals surface area contributed by atoms with Crippen LogP contribution in [0.4, 0.5) is 0 Å². The third kappa shape index (κ3) is 2.87. The molecule has 1 unspecified atom stereocenters. The highest BCUT2D eigenvalue weighted by atomic mass is 16.2. The number of aromatic nitrogens is 3. The molecule has 3 rings (SSSR count). The van der Waals surface area contributed by atoms with E-state index in [1.54, 1.807) is 10.9 Å². The van der Waals surface area contributed by atoms with Crippen LogP contribution >= 0.6 is 0 Å². The zero-order valence-electron chi connectivity index (χ0n) is 13.0. The van der Waals surface area contributed by atoms with Crippen molar-refractivity contribution in [1.82, 2.24) is 25.2 Å². The summed E-state index contributed by atoms with van der Waals surface area (Å²) in [6.07, 6.45) is 3.80. The average Bonchev–Trinajstić information content (AvgIpc) is 3.16. The van der Waals surface area contributed by atoms with Crippen LogP contribution in [-0.2, 0) is 0 Å². The van der Waals surface area contributed by atoms with E-state index in [-0.39, 0.29) is 11.9 Å². The molecule has 1 amide bonds. The molecule has 0 aliphatic carbocycles. The highest BCUT2D eigenvalue weighted by molar-refractivity contribution is 5.92. The number of aryl methyl sites for hydroxylation is 1. The van der Waals surface area contributed by atoms with E-state index >= 15 is 0 Å². The Bertz CT molecular complexity index is 666. The number of carbonyl (C=O) groups is 1. The summed E-state index contributed by atoms with van der Waals surface area (Å²) in [5.41, 5.74) is 2.47. The van der Waals surface area contributed by atoms with Crippen LogP contribution in [0.25, 0.3) is 5.69 Å². The van der Waals surface area contributed by atoms with Gasteiger partial charge in [0.1, 0.15) is 0 Å². The minimum absolute atomic E-state index is 0.0309. The van der Waals surface area contributed by atoms with Crippen molar-refractivity contribution in [2.45, 2.75) is 25.8 Å². The molecule has 1 N–H and O–H groups in total. The summed E-state index contributed by atoms with van der Waals surface area (Å²) in [6, 6.07) is 8.22. The van der Waals surface area contributed by atoms with Gasteiger partial charge in [0, 0.05) is 19.1 Å². The Labute approximate surface area is 130 Å². The first-order chi connectivity index (χ1) is 10.7. The molecule has 1 fully saturated rings. The van der Waals surface area contributed by atoms with Gasteiger partial charge >= 0.3 is 0 Å². The van der Waals surface area contributed by atoms with Gasteiger partial charge in [-0.1, -0.05) is 17.3 Å². The number of nitrogens with zero attached hydrogens (tertiary/aromatic N) is 4. The summed E-state index contributed by atoms with van der Waals surface area (Å²) in [6.45, 7) is 3.64. The zero-order chi connectivity index (χ0) is 15.5. The van der Waals surface area contributed by atoms with Crippen molar-refractivity contribution in [1.29, 1.82) is 0 Å². The number of likely N-dealkylation sites (N-methyl/N-ethyl adjacent to an activating group) is 1. The average molecular weight is 299 g/mol. The van der Waals surface area contributed by atoms with Gasteiger partial charge in [0.15, 0.2) is 5.69 Å². The second-order valence-electron chi connectivity index (χ2n) is 5.74. The van der Waals surface area contributed by atoms with E-state index in [1.165, 1.54) is 0 Å². The van der Waals surface area contributed by atoms with Crippen LogP contribution in [0.3, 0.4) is 0 Å². The van der Waals surface area contributed by atoms with Crippen molar-refractivity contribution < 1.29 is 4.79 Å². The Hall–Kier alpha value is -2.21. The van der Waals surface area contributed by atoms with Crippen molar-refractivity contribution in [3.8, 4) is 5.69 Å². The molecule has 1 aliphatic heterocycles. The number of likely N-dealkylation sites (tertiary alicyclic amines) is 1. The fraction of sp³-hybridized carbons (Fsp3) is 0.438. The Morgan fingerprint density at radius 2 is 2.32 bits per heavy atom. The van der Waals surface area contributed by atoms with Crippen molar-refractivity contribution in [2.75, 3.05) is 20.1 Å². The fourth-order valence-corrected chi connectivity index (χ4v) is 2.96. The maximum Gasteiger partial charge on any atom is 0.276 e. The standard InChI is InChI=1S/C16H21N5O/c1-12-5-3-6-13(9-12)21-11-15(18-19-21)16(22)20-8-4-7-14(20)10-17-2/h3,5-6,9,11,14,17H,4,7-8,10H2,1-2H3. The van der Waals surface area contributed by atoms with Gasteiger partial charge < -0.3 is 10.2 Å². The highest BCUT2D eigenvalue weighted by Gasteiger charge is 2.30. The molecule has 1 aliphatic rings. The van der Waals surface area contributed by atoms with E-state index in [2.05, 4.69) is 15.6 Å². The van der Waals surface area contributed by atoms with Crippen LogP contribution in [0, 0.1) is 6.92 Å². The molecule has 6 heteroatoms. The van der Waals surface area contributed by atoms with Crippen LogP contribution in [0.1, 0.15) is 28.9 Å². The molecule has 0 saturated carbocycles. The third-order valence-electron chi connectivity index (χ3n) is 4.06. The molecule has 6 nitrogen and oxygen atoms in total. The minimum atomic E-state index is -0.0309. The number of nitrogens with one attached hydrogen (secondary N) is 1. The first-order valence-corrected chi connectivity index (χ1v) is 7.64. The molecule has 0 bridgehead atoms. The Balaban J connectivity index is 1.80. The van der Waals surface area contributed by atoms with Crippen molar-refractivity contribution >= 4 is 5.91 Å². The number of rotatable bonds is 4. The molecule has 1 saturated heterocycles. The lowest BCUT2D eigenvalue weighted by atomic mass is 10.2. The smallest absolute Gasteiger partial charge is 0.276 e. The number of hydrogen-bond acceptors (Lipinski definition) is 4. The predicted octanol–water partition coefficient (Wildman–Crippen LogP) is 1.40. The van der Waals surface area contributed by atoms with Crippen molar-refractivity contribution in [3.63, 3.8) is 0 Å². The van der Waals surface area contributed by atoms with Gasteiger partial charge in [0.25, 0.3) is 5.91 Å². The number of amides is 1. The molecule has 2 heterocycles. The van der Waals surface area contributed by atoms with E-state index < -0.39 is 0 Å². The monoisotopic (exact) mass is 299 g/mol. The lowest BCUT2D eigenvalue weighted by molar-refractivity contribution is 0.0731. The Kier molecular flexibility index (Phi) is 4.20. The van der Waals surface area contributed by atoms with E-state index in [4.69, 9.17) is 0 Å². The molecule has 0 spiro atoms. The summed E-state index contributed by atoms with van der Waals surface area (Å²) >= 11 is 0. The molecule has 0 radical (unpaired) electrons. The zero-order valence-corrected chi connectivity index (χ0v) is 13.0. The first kappa shape index (κ1) is 14.7. The molecule has 22 heavy (non-hydrogen) atoms. The van der Waals surface area contributed by atoms with E-state index in [1.807, 2.05) is 43.1 Å². The Morgan fingerprint density at radius 1 is 1.45 bits per heavy atom. The van der Waals surface area contributed by atoms with Gasteiger partial charge in [-0.2, -0.15) is 0 Å². The molecule has 2 aromatic rings. The maximum atomic E-state index is 12.6. The summed E-state index contributed by atoms with van der Waals surface area (Å²) < 4.78 is 1.66. The summed E-state index contributed by atoms with van der Waals surface area (Å²) in [7, 11) is 1.91. The molecule has 1 aromatic heterocycles. The van der Waals surface area contributed by atoms with Gasteiger partial charge in [-0.25, -0.2) is 4.68 Å². The topological polar surface area (TPSA) is 63.1 Å². The normalized spacial score (nSPS) is 17.9. The number of benzene rings is 1. The number of hydrogen-bond donors (Lipinski definition) is 1. The largest absolute Gasteiger partial charge is 0.333 e. The SMILES string of the molecule is CNCC1CCCN1C(=O)c1cn(-c2cccc(C)c2)nn1. The van der Waals surface area contributed by atoms with Gasteiger partial charge in [-0.15, -0.1) is 5.10 Å². The van der Waals surface area contributed by atoms with E-state index in [0.29, 0.717) is 5.69 Å². The summed E-state index contributed by atoms with van der Waals surface area (Å²) in [5, 5.41) is 11.3. The van der Waals surface area contributed by atoms with Gasteiger partial charge in [-0.05, 0) is 44.5 Å². The quantitative estimate of drug-likeness (QED) is 0.927. The fourth-order valence-electron chi connectivity index (χ4n) is 2.96. The van der Waals surface area contributed by atoms with Crippen LogP contribution < -0.4 is 5.32 Å². The van der Waals surface area contributed by atoms with E-state index in [9.17, 15) is 4.79 Å². The number of carbonyl (C=O) groups excluding carboxylic acids is 1. The summed E-state index contributed by atoms with van der Waals surface area (Å²) in [4.78, 5) is 14.5. The van der Waals surface area contributed by atoms with Gasteiger partial charge in [0.2, 0.25) is 0 Å². The highest BCUT2D eigenvalue weighted by Crippen LogP contribution is 2.19. The maximum absolute atomic E-state index is 12.6. The minimum Gasteiger partial charge on any atom is -0.333 e. The van der Waals surface area contributed by atoms with Gasteiger partial charge in [-0.3, -0.25) is 4.79 Å². The molecule has 116 valence electrons. The van der Waals surface area contributed by atoms with Crippen LogP contribution in [0.2, 0.25) is 0 Å². The predicted molar refractivity (Wildman–Crippen MR) is 84.1 cm³/mol. The second-order valence-corrected chi connectivity index (χ2v) is 5.74. The van der Waals surface area contributed by atoms with Gasteiger partial charge in [0.05, 0.1) is 11.9 Å². The van der Waals surface area contributed by atoms with Crippen molar-refractivity contribution in [2.24, 2.45) is 0 Å². The van der Waals surface area contributed by atoms with E-state index in [0.717, 1.165) is 37.2 Å². The van der Waals surface area contributed by atoms with Crippen LogP contribution in [-0.4, -0.2) is 52.0 Å². The summed E-state index contributed by atoms with van der Waals surface area (Å²) in [5.74, 6) is -0.0309.